The molecule has 122 valence electrons. The molecule has 0 saturated carbocycles. The van der Waals surface area contributed by atoms with Crippen LogP contribution in [0.5, 0.6) is 0 Å². The molecule has 0 unspecified atom stereocenters. The number of ether oxygens (including phenoxy) is 1. The van der Waals surface area contributed by atoms with Crippen LogP contribution in [0.3, 0.4) is 0 Å². The molecule has 1 saturated heterocycles. The lowest BCUT2D eigenvalue weighted by Gasteiger charge is -2.32. The van der Waals surface area contributed by atoms with Crippen LogP contribution >= 0.6 is 0 Å². The summed E-state index contributed by atoms with van der Waals surface area (Å²) in [5.74, 6) is 1.20. The van der Waals surface area contributed by atoms with E-state index in [-0.39, 0.29) is 6.09 Å². The molecule has 1 aliphatic heterocycles. The highest BCUT2D eigenvalue weighted by molar-refractivity contribution is 5.67. The Hall–Kier alpha value is -2.41. The average Bonchev–Trinajstić information content (AvgIpc) is 3.03. The molecule has 1 aromatic heterocycles. The van der Waals surface area contributed by atoms with Gasteiger partial charge in [-0.25, -0.2) is 4.79 Å². The zero-order valence-corrected chi connectivity index (χ0v) is 13.4. The van der Waals surface area contributed by atoms with E-state index in [0.29, 0.717) is 31.3 Å². The molecule has 1 amide bonds. The minimum atomic E-state index is -0.272. The van der Waals surface area contributed by atoms with E-state index < -0.39 is 0 Å². The number of methoxy groups -OCH3 is 1. The molecule has 1 aliphatic rings. The predicted octanol–water partition coefficient (Wildman–Crippen LogP) is 1.93. The van der Waals surface area contributed by atoms with E-state index in [1.165, 1.54) is 7.11 Å². The van der Waals surface area contributed by atoms with Gasteiger partial charge in [0, 0.05) is 31.7 Å². The fourth-order valence-corrected chi connectivity index (χ4v) is 2.63. The van der Waals surface area contributed by atoms with Crippen molar-refractivity contribution in [1.82, 2.24) is 19.9 Å². The largest absolute Gasteiger partial charge is 0.453 e. The molecular formula is C16H20N4O3. The predicted molar refractivity (Wildman–Crippen MR) is 83.7 cm³/mol. The lowest BCUT2D eigenvalue weighted by atomic mass is 10.1. The number of piperazine rings is 1. The van der Waals surface area contributed by atoms with Gasteiger partial charge in [0.1, 0.15) is 0 Å². The maximum Gasteiger partial charge on any atom is 0.409 e. The lowest BCUT2D eigenvalue weighted by molar-refractivity contribution is 0.0878. The molecule has 0 N–H and O–H groups in total. The number of rotatable bonds is 3. The SMILES string of the molecule is COC(=O)N1CCN(Cc2noc(-c3cccc(C)c3)n2)CC1. The van der Waals surface area contributed by atoms with E-state index in [1.807, 2.05) is 31.2 Å². The van der Waals surface area contributed by atoms with Crippen molar-refractivity contribution >= 4 is 6.09 Å². The Morgan fingerprint density at radius 2 is 2.09 bits per heavy atom. The number of aromatic nitrogens is 2. The maximum absolute atomic E-state index is 11.5. The second kappa shape index (κ2) is 6.78. The summed E-state index contributed by atoms with van der Waals surface area (Å²) in [6, 6.07) is 7.98. The highest BCUT2D eigenvalue weighted by Gasteiger charge is 2.22. The molecule has 3 rings (SSSR count). The molecule has 2 aromatic rings. The molecule has 1 fully saturated rings. The number of benzene rings is 1. The summed E-state index contributed by atoms with van der Waals surface area (Å²) in [6.45, 7) is 5.48. The third-order valence-corrected chi connectivity index (χ3v) is 3.90. The highest BCUT2D eigenvalue weighted by atomic mass is 16.5. The van der Waals surface area contributed by atoms with Crippen molar-refractivity contribution in [3.8, 4) is 11.5 Å². The van der Waals surface area contributed by atoms with Gasteiger partial charge in [-0.3, -0.25) is 4.90 Å². The summed E-state index contributed by atoms with van der Waals surface area (Å²) < 4.78 is 10.1. The first kappa shape index (κ1) is 15.5. The Morgan fingerprint density at radius 1 is 1.30 bits per heavy atom. The van der Waals surface area contributed by atoms with Gasteiger partial charge < -0.3 is 14.2 Å². The van der Waals surface area contributed by atoms with Crippen LogP contribution in [-0.2, 0) is 11.3 Å². The molecule has 0 spiro atoms. The van der Waals surface area contributed by atoms with Gasteiger partial charge in [0.2, 0.25) is 0 Å². The number of aryl methyl sites for hydroxylation is 1. The third-order valence-electron chi connectivity index (χ3n) is 3.90. The number of amides is 1. The van der Waals surface area contributed by atoms with E-state index >= 15 is 0 Å². The maximum atomic E-state index is 11.5. The first-order valence-electron chi connectivity index (χ1n) is 7.60. The molecule has 7 heteroatoms. The van der Waals surface area contributed by atoms with E-state index in [1.54, 1.807) is 4.90 Å². The van der Waals surface area contributed by atoms with Gasteiger partial charge in [-0.15, -0.1) is 0 Å². The van der Waals surface area contributed by atoms with Crippen molar-refractivity contribution in [3.63, 3.8) is 0 Å². The molecular weight excluding hydrogens is 296 g/mol. The first-order chi connectivity index (χ1) is 11.2. The summed E-state index contributed by atoms with van der Waals surface area (Å²) in [7, 11) is 1.40. The summed E-state index contributed by atoms with van der Waals surface area (Å²) in [4.78, 5) is 19.8. The second-order valence-electron chi connectivity index (χ2n) is 5.62. The van der Waals surface area contributed by atoms with E-state index in [2.05, 4.69) is 15.0 Å². The molecule has 1 aromatic carbocycles. The average molecular weight is 316 g/mol. The Labute approximate surface area is 134 Å². The smallest absolute Gasteiger partial charge is 0.409 e. The van der Waals surface area contributed by atoms with Crippen molar-refractivity contribution in [2.45, 2.75) is 13.5 Å². The summed E-state index contributed by atoms with van der Waals surface area (Å²) >= 11 is 0. The number of nitrogens with zero attached hydrogens (tertiary/aromatic N) is 4. The summed E-state index contributed by atoms with van der Waals surface area (Å²) in [5.41, 5.74) is 2.08. The topological polar surface area (TPSA) is 71.7 Å². The van der Waals surface area contributed by atoms with Crippen LogP contribution in [0.2, 0.25) is 0 Å². The second-order valence-corrected chi connectivity index (χ2v) is 5.62. The number of hydrogen-bond donors (Lipinski definition) is 0. The van der Waals surface area contributed by atoms with Crippen LogP contribution < -0.4 is 0 Å². The van der Waals surface area contributed by atoms with Crippen LogP contribution in [0, 0.1) is 6.92 Å². The number of hydrogen-bond acceptors (Lipinski definition) is 6. The van der Waals surface area contributed by atoms with Gasteiger partial charge in [0.25, 0.3) is 5.89 Å². The number of carbonyl (C=O) groups is 1. The Balaban J connectivity index is 1.59. The van der Waals surface area contributed by atoms with Crippen LogP contribution in [-0.4, -0.2) is 59.3 Å². The quantitative estimate of drug-likeness (QED) is 0.861. The molecule has 0 atom stereocenters. The van der Waals surface area contributed by atoms with Gasteiger partial charge in [-0.2, -0.15) is 4.98 Å². The van der Waals surface area contributed by atoms with Crippen molar-refractivity contribution in [2.24, 2.45) is 0 Å². The molecule has 23 heavy (non-hydrogen) atoms. The zero-order chi connectivity index (χ0) is 16.2. The normalized spacial score (nSPS) is 15.7. The fraction of sp³-hybridized carbons (Fsp3) is 0.438. The Morgan fingerprint density at radius 3 is 2.78 bits per heavy atom. The van der Waals surface area contributed by atoms with Gasteiger partial charge in [0.15, 0.2) is 5.82 Å². The van der Waals surface area contributed by atoms with Crippen molar-refractivity contribution < 1.29 is 14.1 Å². The van der Waals surface area contributed by atoms with Crippen molar-refractivity contribution in [3.05, 3.63) is 35.7 Å². The van der Waals surface area contributed by atoms with Crippen molar-refractivity contribution in [2.75, 3.05) is 33.3 Å². The van der Waals surface area contributed by atoms with Crippen LogP contribution in [0.4, 0.5) is 4.79 Å². The van der Waals surface area contributed by atoms with Crippen LogP contribution in [0.1, 0.15) is 11.4 Å². The van der Waals surface area contributed by atoms with Crippen LogP contribution in [0.15, 0.2) is 28.8 Å². The van der Waals surface area contributed by atoms with E-state index in [4.69, 9.17) is 9.26 Å². The lowest BCUT2D eigenvalue weighted by Crippen LogP contribution is -2.48. The molecule has 0 aliphatic carbocycles. The number of carbonyl (C=O) groups excluding carboxylic acids is 1. The Bertz CT molecular complexity index is 677. The molecule has 0 radical (unpaired) electrons. The first-order valence-corrected chi connectivity index (χ1v) is 7.60. The monoisotopic (exact) mass is 316 g/mol. The minimum absolute atomic E-state index is 0.272. The molecule has 0 bridgehead atoms. The van der Waals surface area contributed by atoms with Crippen molar-refractivity contribution in [1.29, 1.82) is 0 Å². The fourth-order valence-electron chi connectivity index (χ4n) is 2.63. The standard InChI is InChI=1S/C16H20N4O3/c1-12-4-3-5-13(10-12)15-17-14(18-23-15)11-19-6-8-20(9-7-19)16(21)22-2/h3-5,10H,6-9,11H2,1-2H3. The summed E-state index contributed by atoms with van der Waals surface area (Å²) in [5, 5.41) is 4.05. The highest BCUT2D eigenvalue weighted by Crippen LogP contribution is 2.18. The van der Waals surface area contributed by atoms with E-state index in [9.17, 15) is 4.79 Å². The molecule has 2 heterocycles. The summed E-state index contributed by atoms with van der Waals surface area (Å²) in [6.07, 6.45) is -0.272. The van der Waals surface area contributed by atoms with Gasteiger partial charge in [-0.05, 0) is 19.1 Å². The van der Waals surface area contributed by atoms with Gasteiger partial charge >= 0.3 is 6.09 Å². The van der Waals surface area contributed by atoms with Gasteiger partial charge in [0.05, 0.1) is 13.7 Å². The Kier molecular flexibility index (Phi) is 4.57. The molecule has 7 nitrogen and oxygen atoms in total. The minimum Gasteiger partial charge on any atom is -0.453 e. The van der Waals surface area contributed by atoms with Gasteiger partial charge in [-0.1, -0.05) is 22.9 Å². The van der Waals surface area contributed by atoms with E-state index in [0.717, 1.165) is 24.2 Å². The zero-order valence-electron chi connectivity index (χ0n) is 13.4. The van der Waals surface area contributed by atoms with Crippen LogP contribution in [0.25, 0.3) is 11.5 Å². The third kappa shape index (κ3) is 3.68.